The molecule has 8 rings (SSSR count). The Balaban J connectivity index is 1.28. The molecule has 0 radical (unpaired) electrons. The summed E-state index contributed by atoms with van der Waals surface area (Å²) in [6, 6.07) is 2.14. The largest absolute Gasteiger partial charge is 0.419 e. The summed E-state index contributed by atoms with van der Waals surface area (Å²) in [5.74, 6) is 2.25. The molecule has 2 aromatic rings. The summed E-state index contributed by atoms with van der Waals surface area (Å²) in [7, 11) is 0. The Morgan fingerprint density at radius 3 is 2.63 bits per heavy atom. The normalized spacial score (nSPS) is 35.1. The van der Waals surface area contributed by atoms with Crippen molar-refractivity contribution in [2.45, 2.75) is 49.0 Å². The quantitative estimate of drug-likeness (QED) is 0.829. The predicted octanol–water partition coefficient (Wildman–Crippen LogP) is 2.85. The lowest BCUT2D eigenvalue weighted by Gasteiger charge is -2.35. The predicted molar refractivity (Wildman–Crippen MR) is 102 cm³/mol. The molecule has 0 amide bonds. The standard InChI is InChI=1S/C21H22F3N5O/c22-21(23,24)13-4-11(5-26-18(13)25)15-7-29(19(27-15)10-2-1-3-10)20-14-6-28(12-8-30-9-12)17(20)16(14)20/h4-5,7,10,12,14,16-17H,1-3,6,8-9H2,(H2,25,26)/t14-,16-,17?,20-/m1/s1. The molecule has 3 saturated carbocycles. The summed E-state index contributed by atoms with van der Waals surface area (Å²) in [6.07, 6.45) is 2.23. The van der Waals surface area contributed by atoms with Crippen LogP contribution >= 0.6 is 0 Å². The van der Waals surface area contributed by atoms with Crippen LogP contribution in [0.15, 0.2) is 18.5 Å². The number of anilines is 1. The number of hydrogen-bond donors (Lipinski definition) is 1. The van der Waals surface area contributed by atoms with Gasteiger partial charge in [-0.25, -0.2) is 9.97 Å². The minimum absolute atomic E-state index is 0.111. The van der Waals surface area contributed by atoms with Gasteiger partial charge in [-0.2, -0.15) is 13.2 Å². The molecule has 9 heteroatoms. The van der Waals surface area contributed by atoms with Gasteiger partial charge >= 0.3 is 6.18 Å². The van der Waals surface area contributed by atoms with Gasteiger partial charge in [0.2, 0.25) is 0 Å². The number of hydrogen-bond acceptors (Lipinski definition) is 5. The molecule has 4 atom stereocenters. The lowest BCUT2D eigenvalue weighted by molar-refractivity contribution is -0.137. The average Bonchev–Trinajstić information content (AvgIpc) is 3.17. The second-order valence-corrected chi connectivity index (χ2v) is 9.49. The highest BCUT2D eigenvalue weighted by atomic mass is 19.4. The minimum Gasteiger partial charge on any atom is -0.383 e. The number of imidazole rings is 1. The van der Waals surface area contributed by atoms with E-state index in [2.05, 4.69) is 14.5 Å². The molecule has 3 saturated heterocycles. The number of ether oxygens (including phenoxy) is 1. The zero-order chi connectivity index (χ0) is 20.4. The van der Waals surface area contributed by atoms with Crippen LogP contribution in [-0.4, -0.2) is 51.3 Å². The molecule has 2 aromatic heterocycles. The fourth-order valence-electron chi connectivity index (χ4n) is 6.20. The van der Waals surface area contributed by atoms with Gasteiger partial charge in [-0.1, -0.05) is 6.42 Å². The van der Waals surface area contributed by atoms with E-state index in [0.717, 1.165) is 44.5 Å². The van der Waals surface area contributed by atoms with Crippen molar-refractivity contribution in [3.8, 4) is 11.3 Å². The Morgan fingerprint density at radius 1 is 1.23 bits per heavy atom. The van der Waals surface area contributed by atoms with Crippen LogP contribution in [-0.2, 0) is 16.5 Å². The van der Waals surface area contributed by atoms with E-state index in [1.807, 2.05) is 6.20 Å². The van der Waals surface area contributed by atoms with E-state index in [0.29, 0.717) is 41.1 Å². The van der Waals surface area contributed by atoms with E-state index in [1.54, 1.807) is 0 Å². The molecule has 6 fully saturated rings. The first kappa shape index (κ1) is 17.5. The first-order valence-corrected chi connectivity index (χ1v) is 10.7. The maximum Gasteiger partial charge on any atom is 0.419 e. The van der Waals surface area contributed by atoms with Crippen LogP contribution in [0.2, 0.25) is 0 Å². The molecule has 6 aliphatic rings. The zero-order valence-corrected chi connectivity index (χ0v) is 16.3. The molecule has 0 spiro atoms. The fraction of sp³-hybridized carbons (Fsp3) is 0.619. The third kappa shape index (κ3) is 2.03. The number of nitrogens with two attached hydrogens (primary N) is 1. The number of halogens is 3. The van der Waals surface area contributed by atoms with Gasteiger partial charge in [0, 0.05) is 48.3 Å². The second kappa shape index (κ2) is 5.37. The van der Waals surface area contributed by atoms with E-state index in [-0.39, 0.29) is 5.54 Å². The van der Waals surface area contributed by atoms with Gasteiger partial charge in [0.15, 0.2) is 0 Å². The Hall–Kier alpha value is -2.13. The molecule has 1 unspecified atom stereocenters. The highest BCUT2D eigenvalue weighted by molar-refractivity contribution is 5.63. The number of nitrogens with zero attached hydrogens (tertiary/aromatic N) is 4. The Morgan fingerprint density at radius 2 is 2.03 bits per heavy atom. The number of aromatic nitrogens is 3. The number of rotatable bonds is 4. The summed E-state index contributed by atoms with van der Waals surface area (Å²) in [6.45, 7) is 2.73. The van der Waals surface area contributed by atoms with E-state index in [9.17, 15) is 13.2 Å². The average molecular weight is 417 g/mol. The molecule has 2 N–H and O–H groups in total. The van der Waals surface area contributed by atoms with Crippen molar-refractivity contribution in [3.05, 3.63) is 29.8 Å². The Bertz CT molecular complexity index is 1050. The maximum atomic E-state index is 13.3. The fourth-order valence-corrected chi connectivity index (χ4v) is 6.20. The van der Waals surface area contributed by atoms with Crippen molar-refractivity contribution >= 4 is 5.82 Å². The maximum absolute atomic E-state index is 13.3. The molecule has 158 valence electrons. The number of nitrogen functional groups attached to an aromatic ring is 1. The van der Waals surface area contributed by atoms with Gasteiger partial charge in [0.05, 0.1) is 36.1 Å². The molecule has 3 aliphatic carbocycles. The van der Waals surface area contributed by atoms with E-state index in [1.165, 1.54) is 12.6 Å². The van der Waals surface area contributed by atoms with Gasteiger partial charge in [-0.3, -0.25) is 4.90 Å². The highest BCUT2D eigenvalue weighted by Gasteiger charge is 2.94. The third-order valence-electron chi connectivity index (χ3n) is 8.15. The van der Waals surface area contributed by atoms with Crippen LogP contribution < -0.4 is 5.73 Å². The summed E-state index contributed by atoms with van der Waals surface area (Å²) >= 11 is 0. The van der Waals surface area contributed by atoms with Gasteiger partial charge in [-0.15, -0.1) is 0 Å². The van der Waals surface area contributed by atoms with Crippen LogP contribution in [0.5, 0.6) is 0 Å². The van der Waals surface area contributed by atoms with Crippen molar-refractivity contribution in [2.75, 3.05) is 25.5 Å². The number of piperidine rings is 1. The first-order valence-electron chi connectivity index (χ1n) is 10.7. The Kier molecular flexibility index (Phi) is 3.14. The highest BCUT2D eigenvalue weighted by Crippen LogP contribution is 2.84. The van der Waals surface area contributed by atoms with Crippen molar-refractivity contribution in [2.24, 2.45) is 11.8 Å². The molecule has 2 bridgehead atoms. The molecular formula is C21H22F3N5O. The Labute approximate surface area is 171 Å². The van der Waals surface area contributed by atoms with Gasteiger partial charge in [0.1, 0.15) is 11.6 Å². The smallest absolute Gasteiger partial charge is 0.383 e. The lowest BCUT2D eigenvalue weighted by Crippen LogP contribution is -2.48. The second-order valence-electron chi connectivity index (χ2n) is 9.49. The van der Waals surface area contributed by atoms with Crippen LogP contribution in [0.4, 0.5) is 19.0 Å². The third-order valence-corrected chi connectivity index (χ3v) is 8.15. The molecular weight excluding hydrogens is 395 g/mol. The molecule has 6 nitrogen and oxygen atoms in total. The van der Waals surface area contributed by atoms with Crippen LogP contribution in [0.25, 0.3) is 11.3 Å². The van der Waals surface area contributed by atoms with E-state index >= 15 is 0 Å². The van der Waals surface area contributed by atoms with Crippen LogP contribution in [0.1, 0.15) is 36.6 Å². The number of alkyl halides is 3. The van der Waals surface area contributed by atoms with E-state index < -0.39 is 17.6 Å². The van der Waals surface area contributed by atoms with Crippen molar-refractivity contribution in [3.63, 3.8) is 0 Å². The van der Waals surface area contributed by atoms with Crippen molar-refractivity contribution < 1.29 is 17.9 Å². The monoisotopic (exact) mass is 417 g/mol. The molecule has 5 heterocycles. The summed E-state index contributed by atoms with van der Waals surface area (Å²) in [5.41, 5.74) is 5.65. The minimum atomic E-state index is -4.53. The summed E-state index contributed by atoms with van der Waals surface area (Å²) < 4.78 is 47.7. The van der Waals surface area contributed by atoms with Crippen molar-refractivity contribution in [1.82, 2.24) is 19.4 Å². The lowest BCUT2D eigenvalue weighted by atomic mass is 9.84. The SMILES string of the molecule is Nc1ncc(-c2cn([C@@]34C5[C@H]3[C@H]4CN5C3COC3)c(C3CCC3)n2)cc1C(F)(F)F. The van der Waals surface area contributed by atoms with Gasteiger partial charge in [0.25, 0.3) is 0 Å². The number of pyridine rings is 1. The van der Waals surface area contributed by atoms with Gasteiger partial charge < -0.3 is 15.0 Å². The van der Waals surface area contributed by atoms with Crippen molar-refractivity contribution in [1.29, 1.82) is 0 Å². The van der Waals surface area contributed by atoms with E-state index in [4.69, 9.17) is 15.5 Å². The summed E-state index contributed by atoms with van der Waals surface area (Å²) in [4.78, 5) is 11.3. The topological polar surface area (TPSA) is 69.2 Å². The molecule has 30 heavy (non-hydrogen) atoms. The molecule has 3 aliphatic heterocycles. The van der Waals surface area contributed by atoms with Crippen LogP contribution in [0.3, 0.4) is 0 Å². The first-order chi connectivity index (χ1) is 14.4. The van der Waals surface area contributed by atoms with Crippen LogP contribution in [0, 0.1) is 11.8 Å². The summed E-state index contributed by atoms with van der Waals surface area (Å²) in [5, 5.41) is 0. The zero-order valence-electron chi connectivity index (χ0n) is 16.3. The van der Waals surface area contributed by atoms with Gasteiger partial charge in [-0.05, 0) is 18.9 Å². The number of fused-ring (bicyclic) bond motifs is 1. The molecule has 0 aromatic carbocycles.